The Balaban J connectivity index is 1.30. The molecule has 2 saturated heterocycles. The summed E-state index contributed by atoms with van der Waals surface area (Å²) >= 11 is 5.47. The number of nitrogens with one attached hydrogen (secondary N) is 1. The Morgan fingerprint density at radius 3 is 2.63 bits per heavy atom. The van der Waals surface area contributed by atoms with Crippen LogP contribution in [0, 0.1) is 5.92 Å². The Bertz CT molecular complexity index is 900. The molecule has 2 amide bonds. The predicted molar refractivity (Wildman–Crippen MR) is 127 cm³/mol. The summed E-state index contributed by atoms with van der Waals surface area (Å²) in [5.41, 5.74) is 2.89. The largest absolute Gasteiger partial charge is 0.326 e. The van der Waals surface area contributed by atoms with Crippen LogP contribution in [0.5, 0.6) is 0 Å². The fraction of sp³-hybridized carbons (Fsp3) is 0.391. The summed E-state index contributed by atoms with van der Waals surface area (Å²) in [7, 11) is 0. The predicted octanol–water partition coefficient (Wildman–Crippen LogP) is 4.03. The van der Waals surface area contributed by atoms with Crippen molar-refractivity contribution in [1.29, 1.82) is 0 Å². The number of thioether (sulfide) groups is 1. The highest BCUT2D eigenvalue weighted by molar-refractivity contribution is 9.10. The summed E-state index contributed by atoms with van der Waals surface area (Å²) in [4.78, 5) is 29.3. The highest BCUT2D eigenvalue weighted by Crippen LogP contribution is 2.28. The second-order valence-electron chi connectivity index (χ2n) is 7.78. The zero-order chi connectivity index (χ0) is 20.9. The first-order valence-corrected chi connectivity index (χ1v) is 12.3. The van der Waals surface area contributed by atoms with Crippen molar-refractivity contribution in [1.82, 2.24) is 4.90 Å². The summed E-state index contributed by atoms with van der Waals surface area (Å²) in [6.07, 6.45) is 1.27. The van der Waals surface area contributed by atoms with Crippen LogP contribution in [-0.2, 0) is 16.0 Å². The highest BCUT2D eigenvalue weighted by Gasteiger charge is 2.35. The third-order valence-corrected chi connectivity index (χ3v) is 7.09. The second kappa shape index (κ2) is 9.98. The lowest BCUT2D eigenvalue weighted by Gasteiger charge is -2.26. The van der Waals surface area contributed by atoms with Crippen LogP contribution in [0.15, 0.2) is 53.0 Å². The molecule has 2 aliphatic heterocycles. The normalized spacial score (nSPS) is 19.8. The van der Waals surface area contributed by atoms with Crippen molar-refractivity contribution in [3.8, 4) is 0 Å². The molecule has 1 atom stereocenters. The van der Waals surface area contributed by atoms with Crippen molar-refractivity contribution < 1.29 is 9.59 Å². The average Bonchev–Trinajstić information content (AvgIpc) is 3.16. The molecule has 2 aromatic rings. The van der Waals surface area contributed by atoms with Crippen LogP contribution < -0.4 is 10.2 Å². The van der Waals surface area contributed by atoms with Crippen molar-refractivity contribution in [2.75, 3.05) is 47.9 Å². The number of nitrogens with zero attached hydrogens (tertiary/aromatic N) is 2. The molecule has 5 nitrogen and oxygen atoms in total. The van der Waals surface area contributed by atoms with Gasteiger partial charge in [0.2, 0.25) is 11.8 Å². The second-order valence-corrected chi connectivity index (χ2v) is 9.92. The highest BCUT2D eigenvalue weighted by atomic mass is 79.9. The summed E-state index contributed by atoms with van der Waals surface area (Å²) in [5.74, 6) is 2.01. The number of carbonyl (C=O) groups excluding carboxylic acids is 2. The molecule has 0 bridgehead atoms. The zero-order valence-electron chi connectivity index (χ0n) is 16.9. The van der Waals surface area contributed by atoms with E-state index in [1.165, 1.54) is 30.2 Å². The van der Waals surface area contributed by atoms with E-state index in [4.69, 9.17) is 0 Å². The van der Waals surface area contributed by atoms with Crippen molar-refractivity contribution in [2.24, 2.45) is 5.92 Å². The molecule has 7 heteroatoms. The van der Waals surface area contributed by atoms with E-state index in [0.29, 0.717) is 6.54 Å². The fourth-order valence-corrected chi connectivity index (χ4v) is 5.25. The van der Waals surface area contributed by atoms with Gasteiger partial charge in [0, 0.05) is 60.0 Å². The van der Waals surface area contributed by atoms with E-state index in [0.717, 1.165) is 28.8 Å². The van der Waals surface area contributed by atoms with E-state index < -0.39 is 0 Å². The standard InChI is InChI=1S/C23H26BrN3O2S/c24-19-2-1-3-21(15-19)27-16-18(14-22(27)28)23(29)25-20-6-4-17(5-7-20)8-9-26-10-12-30-13-11-26/h1-7,15,18H,8-14,16H2,(H,25,29). The molecular formula is C23H26BrN3O2S. The lowest BCUT2D eigenvalue weighted by molar-refractivity contribution is -0.122. The molecule has 0 aliphatic carbocycles. The SMILES string of the molecule is O=C(Nc1ccc(CCN2CCSCC2)cc1)C1CC(=O)N(c2cccc(Br)c2)C1. The zero-order valence-corrected chi connectivity index (χ0v) is 19.3. The molecule has 2 aromatic carbocycles. The van der Waals surface area contributed by atoms with Crippen LogP contribution in [0.3, 0.4) is 0 Å². The number of carbonyl (C=O) groups is 2. The van der Waals surface area contributed by atoms with Crippen LogP contribution in [0.4, 0.5) is 11.4 Å². The van der Waals surface area contributed by atoms with Crippen LogP contribution >= 0.6 is 27.7 Å². The molecule has 0 radical (unpaired) electrons. The fourth-order valence-electron chi connectivity index (χ4n) is 3.89. The molecule has 2 heterocycles. The molecule has 158 valence electrons. The lowest BCUT2D eigenvalue weighted by Crippen LogP contribution is -2.34. The van der Waals surface area contributed by atoms with Gasteiger partial charge in [0.05, 0.1) is 5.92 Å². The van der Waals surface area contributed by atoms with Gasteiger partial charge in [0.15, 0.2) is 0 Å². The number of rotatable bonds is 6. The van der Waals surface area contributed by atoms with Gasteiger partial charge in [-0.05, 0) is 42.3 Å². The van der Waals surface area contributed by atoms with Crippen LogP contribution in [0.2, 0.25) is 0 Å². The number of benzene rings is 2. The first kappa shape index (κ1) is 21.4. The van der Waals surface area contributed by atoms with Crippen molar-refractivity contribution >= 4 is 50.9 Å². The number of halogens is 1. The van der Waals surface area contributed by atoms with Crippen LogP contribution in [0.25, 0.3) is 0 Å². The smallest absolute Gasteiger partial charge is 0.229 e. The molecule has 1 unspecified atom stereocenters. The maximum absolute atomic E-state index is 12.7. The van der Waals surface area contributed by atoms with Gasteiger partial charge >= 0.3 is 0 Å². The van der Waals surface area contributed by atoms with Crippen molar-refractivity contribution in [2.45, 2.75) is 12.8 Å². The number of amides is 2. The molecule has 4 rings (SSSR count). The van der Waals surface area contributed by atoms with Crippen molar-refractivity contribution in [3.05, 3.63) is 58.6 Å². The van der Waals surface area contributed by atoms with Gasteiger partial charge in [-0.2, -0.15) is 11.8 Å². The Morgan fingerprint density at radius 1 is 1.13 bits per heavy atom. The van der Waals surface area contributed by atoms with Gasteiger partial charge in [-0.15, -0.1) is 0 Å². The number of hydrogen-bond acceptors (Lipinski definition) is 4. The van der Waals surface area contributed by atoms with Crippen LogP contribution in [0.1, 0.15) is 12.0 Å². The van der Waals surface area contributed by atoms with E-state index in [-0.39, 0.29) is 24.2 Å². The minimum atomic E-state index is -0.340. The molecule has 1 N–H and O–H groups in total. The van der Waals surface area contributed by atoms with Gasteiger partial charge in [0.1, 0.15) is 0 Å². The van der Waals surface area contributed by atoms with Gasteiger partial charge in [-0.1, -0.05) is 34.1 Å². The van der Waals surface area contributed by atoms with E-state index in [1.54, 1.807) is 4.90 Å². The molecule has 2 aliphatic rings. The summed E-state index contributed by atoms with van der Waals surface area (Å²) < 4.78 is 0.917. The maximum atomic E-state index is 12.7. The molecule has 0 saturated carbocycles. The molecule has 2 fully saturated rings. The van der Waals surface area contributed by atoms with Gasteiger partial charge in [-0.25, -0.2) is 0 Å². The third-order valence-electron chi connectivity index (χ3n) is 5.66. The molecular weight excluding hydrogens is 462 g/mol. The topological polar surface area (TPSA) is 52.7 Å². The minimum Gasteiger partial charge on any atom is -0.326 e. The van der Waals surface area contributed by atoms with Gasteiger partial charge in [-0.3, -0.25) is 9.59 Å². The molecule has 0 spiro atoms. The number of anilines is 2. The number of hydrogen-bond donors (Lipinski definition) is 1. The Kier molecular flexibility index (Phi) is 7.12. The van der Waals surface area contributed by atoms with E-state index in [9.17, 15) is 9.59 Å². The third kappa shape index (κ3) is 5.45. The van der Waals surface area contributed by atoms with Gasteiger partial charge in [0.25, 0.3) is 0 Å². The maximum Gasteiger partial charge on any atom is 0.229 e. The monoisotopic (exact) mass is 487 g/mol. The van der Waals surface area contributed by atoms with E-state index in [2.05, 4.69) is 38.3 Å². The minimum absolute atomic E-state index is 0.0142. The quantitative estimate of drug-likeness (QED) is 0.667. The van der Waals surface area contributed by atoms with Crippen molar-refractivity contribution in [3.63, 3.8) is 0 Å². The first-order valence-electron chi connectivity index (χ1n) is 10.3. The molecule has 0 aromatic heterocycles. The average molecular weight is 488 g/mol. The summed E-state index contributed by atoms with van der Waals surface area (Å²) in [5, 5.41) is 2.98. The lowest BCUT2D eigenvalue weighted by atomic mass is 10.1. The van der Waals surface area contributed by atoms with Crippen LogP contribution in [-0.4, -0.2) is 54.4 Å². The van der Waals surface area contributed by atoms with E-state index in [1.807, 2.05) is 48.2 Å². The Morgan fingerprint density at radius 2 is 1.90 bits per heavy atom. The molecule has 30 heavy (non-hydrogen) atoms. The summed E-state index contributed by atoms with van der Waals surface area (Å²) in [6, 6.07) is 15.7. The van der Waals surface area contributed by atoms with E-state index >= 15 is 0 Å². The summed E-state index contributed by atoms with van der Waals surface area (Å²) in [6.45, 7) is 3.85. The first-order chi connectivity index (χ1) is 14.6. The Labute approximate surface area is 190 Å². The Hall–Kier alpha value is -1.83. The van der Waals surface area contributed by atoms with Gasteiger partial charge < -0.3 is 15.1 Å².